The van der Waals surface area contributed by atoms with Gasteiger partial charge in [-0.05, 0) is 44.9 Å². The van der Waals surface area contributed by atoms with Gasteiger partial charge in [-0.1, -0.05) is 5.57 Å². The number of carbonyl (C=O) groups is 1. The smallest absolute Gasteiger partial charge is 0.246 e. The summed E-state index contributed by atoms with van der Waals surface area (Å²) >= 11 is 0. The molecular formula is C13H21NO2. The molecule has 1 saturated carbocycles. The van der Waals surface area contributed by atoms with E-state index in [1.165, 1.54) is 18.4 Å². The molecule has 0 bridgehead atoms. The van der Waals surface area contributed by atoms with E-state index in [0.29, 0.717) is 5.92 Å². The summed E-state index contributed by atoms with van der Waals surface area (Å²) in [5.74, 6) is 0.636. The van der Waals surface area contributed by atoms with Gasteiger partial charge in [-0.15, -0.1) is 0 Å². The molecule has 2 fully saturated rings. The molecule has 0 aromatic carbocycles. The average Bonchev–Trinajstić information content (AvgIpc) is 2.25. The molecule has 1 atom stereocenters. The molecule has 0 radical (unpaired) electrons. The molecule has 0 spiro atoms. The molecule has 1 N–H and O–H groups in total. The third-order valence-electron chi connectivity index (χ3n) is 3.63. The van der Waals surface area contributed by atoms with Gasteiger partial charge in [-0.25, -0.2) is 0 Å². The van der Waals surface area contributed by atoms with Gasteiger partial charge in [0, 0.05) is 18.7 Å². The number of amides is 1. The number of nitrogens with one attached hydrogen (secondary N) is 1. The fourth-order valence-electron chi connectivity index (χ4n) is 2.23. The summed E-state index contributed by atoms with van der Waals surface area (Å²) in [7, 11) is 0. The second-order valence-electron chi connectivity index (χ2n) is 4.88. The first-order chi connectivity index (χ1) is 7.77. The van der Waals surface area contributed by atoms with Crippen LogP contribution in [0, 0.1) is 5.92 Å². The highest BCUT2D eigenvalue weighted by Gasteiger charge is 2.18. The largest absolute Gasteiger partial charge is 0.381 e. The summed E-state index contributed by atoms with van der Waals surface area (Å²) in [6, 6.07) is 0. The molecule has 1 heterocycles. The molecule has 0 aromatic heterocycles. The van der Waals surface area contributed by atoms with Crippen LogP contribution in [0.4, 0.5) is 0 Å². The Hall–Kier alpha value is -0.830. The van der Waals surface area contributed by atoms with Gasteiger partial charge in [-0.3, -0.25) is 4.79 Å². The zero-order valence-corrected chi connectivity index (χ0v) is 10.1. The van der Waals surface area contributed by atoms with Crippen molar-refractivity contribution in [3.8, 4) is 0 Å². The molecule has 0 aromatic rings. The first-order valence-corrected chi connectivity index (χ1v) is 6.32. The average molecular weight is 223 g/mol. The van der Waals surface area contributed by atoms with Gasteiger partial charge >= 0.3 is 0 Å². The second kappa shape index (κ2) is 5.48. The molecule has 16 heavy (non-hydrogen) atoms. The van der Waals surface area contributed by atoms with Crippen LogP contribution in [-0.4, -0.2) is 25.7 Å². The Bertz CT molecular complexity index is 284. The molecule has 1 aliphatic heterocycles. The van der Waals surface area contributed by atoms with Crippen LogP contribution in [0.25, 0.3) is 0 Å². The number of allylic oxidation sites excluding steroid dienone is 1. The molecule has 2 rings (SSSR count). The second-order valence-corrected chi connectivity index (χ2v) is 4.88. The van der Waals surface area contributed by atoms with Gasteiger partial charge in [-0.2, -0.15) is 0 Å². The lowest BCUT2D eigenvalue weighted by molar-refractivity contribution is -0.117. The van der Waals surface area contributed by atoms with E-state index in [9.17, 15) is 4.79 Å². The van der Waals surface area contributed by atoms with E-state index in [1.807, 2.05) is 6.92 Å². The number of ether oxygens (including phenoxy) is 1. The number of hydrogen-bond donors (Lipinski definition) is 1. The van der Waals surface area contributed by atoms with Crippen molar-refractivity contribution >= 4 is 5.91 Å². The summed E-state index contributed by atoms with van der Waals surface area (Å²) in [6.45, 7) is 4.40. The van der Waals surface area contributed by atoms with Crippen molar-refractivity contribution in [1.82, 2.24) is 5.32 Å². The summed E-state index contributed by atoms with van der Waals surface area (Å²) in [6.07, 6.45) is 5.78. The topological polar surface area (TPSA) is 38.3 Å². The summed E-state index contributed by atoms with van der Waals surface area (Å²) in [5.41, 5.74) is 2.29. The van der Waals surface area contributed by atoms with Gasteiger partial charge in [0.25, 0.3) is 0 Å². The zero-order chi connectivity index (χ0) is 11.4. The first kappa shape index (κ1) is 11.6. The highest BCUT2D eigenvalue weighted by molar-refractivity contribution is 5.93. The minimum absolute atomic E-state index is 0.125. The van der Waals surface area contributed by atoms with E-state index in [0.717, 1.165) is 44.6 Å². The fraction of sp³-hybridized carbons (Fsp3) is 0.769. The number of rotatable bonds is 3. The van der Waals surface area contributed by atoms with Gasteiger partial charge in [0.1, 0.15) is 0 Å². The zero-order valence-electron chi connectivity index (χ0n) is 10.1. The van der Waals surface area contributed by atoms with Gasteiger partial charge in [0.05, 0.1) is 6.61 Å². The van der Waals surface area contributed by atoms with Gasteiger partial charge in [0.2, 0.25) is 5.91 Å². The van der Waals surface area contributed by atoms with E-state index in [4.69, 9.17) is 4.74 Å². The highest BCUT2D eigenvalue weighted by atomic mass is 16.5. The third kappa shape index (κ3) is 2.85. The van der Waals surface area contributed by atoms with Crippen LogP contribution >= 0.6 is 0 Å². The fourth-order valence-corrected chi connectivity index (χ4v) is 2.23. The first-order valence-electron chi connectivity index (χ1n) is 6.32. The van der Waals surface area contributed by atoms with Crippen molar-refractivity contribution in [2.45, 2.75) is 39.0 Å². The van der Waals surface area contributed by atoms with Crippen molar-refractivity contribution in [1.29, 1.82) is 0 Å². The lowest BCUT2D eigenvalue weighted by Crippen LogP contribution is -2.34. The van der Waals surface area contributed by atoms with E-state index in [1.54, 1.807) is 0 Å². The SMILES string of the molecule is CC(C(=O)NCC1CCCOC1)=C1CCC1. The molecule has 1 saturated heterocycles. The Morgan fingerprint density at radius 3 is 2.81 bits per heavy atom. The molecule has 1 unspecified atom stereocenters. The quantitative estimate of drug-likeness (QED) is 0.743. The highest BCUT2D eigenvalue weighted by Crippen LogP contribution is 2.28. The third-order valence-corrected chi connectivity index (χ3v) is 3.63. The Balaban J connectivity index is 1.74. The van der Waals surface area contributed by atoms with Crippen molar-refractivity contribution < 1.29 is 9.53 Å². The molecule has 3 heteroatoms. The summed E-state index contributed by atoms with van der Waals surface area (Å²) < 4.78 is 5.39. The van der Waals surface area contributed by atoms with E-state index < -0.39 is 0 Å². The van der Waals surface area contributed by atoms with Crippen molar-refractivity contribution in [3.05, 3.63) is 11.1 Å². The van der Waals surface area contributed by atoms with Gasteiger partial charge < -0.3 is 10.1 Å². The molecule has 90 valence electrons. The summed E-state index contributed by atoms with van der Waals surface area (Å²) in [5, 5.41) is 3.02. The van der Waals surface area contributed by atoms with Crippen molar-refractivity contribution in [2.75, 3.05) is 19.8 Å². The van der Waals surface area contributed by atoms with Gasteiger partial charge in [0.15, 0.2) is 0 Å². The summed E-state index contributed by atoms with van der Waals surface area (Å²) in [4.78, 5) is 11.8. The Morgan fingerprint density at radius 2 is 2.25 bits per heavy atom. The molecular weight excluding hydrogens is 202 g/mol. The molecule has 1 aliphatic carbocycles. The van der Waals surface area contributed by atoms with E-state index in [-0.39, 0.29) is 5.91 Å². The lowest BCUT2D eigenvalue weighted by Gasteiger charge is -2.23. The van der Waals surface area contributed by atoms with Crippen LogP contribution in [-0.2, 0) is 9.53 Å². The molecule has 2 aliphatic rings. The molecule has 1 amide bonds. The lowest BCUT2D eigenvalue weighted by atomic mass is 9.88. The maximum atomic E-state index is 11.8. The Labute approximate surface area is 97.2 Å². The van der Waals surface area contributed by atoms with Crippen molar-refractivity contribution in [3.63, 3.8) is 0 Å². The maximum absolute atomic E-state index is 11.8. The minimum atomic E-state index is 0.125. The maximum Gasteiger partial charge on any atom is 0.246 e. The van der Waals surface area contributed by atoms with Crippen LogP contribution in [0.2, 0.25) is 0 Å². The minimum Gasteiger partial charge on any atom is -0.381 e. The standard InChI is InChI=1S/C13H21NO2/c1-10(12-5-2-6-12)13(15)14-8-11-4-3-7-16-9-11/h11H,2-9H2,1H3,(H,14,15). The van der Waals surface area contributed by atoms with Crippen molar-refractivity contribution in [2.24, 2.45) is 5.92 Å². The monoisotopic (exact) mass is 223 g/mol. The molecule has 3 nitrogen and oxygen atoms in total. The van der Waals surface area contributed by atoms with E-state index in [2.05, 4.69) is 5.32 Å². The Kier molecular flexibility index (Phi) is 3.99. The van der Waals surface area contributed by atoms with Crippen LogP contribution in [0.3, 0.4) is 0 Å². The number of carbonyl (C=O) groups excluding carboxylic acids is 1. The number of hydrogen-bond acceptors (Lipinski definition) is 2. The van der Waals surface area contributed by atoms with Crippen LogP contribution in [0.15, 0.2) is 11.1 Å². The normalized spacial score (nSPS) is 24.8. The van der Waals surface area contributed by atoms with E-state index >= 15 is 0 Å². The predicted octanol–water partition coefficient (Wildman–Crippen LogP) is 2.03. The van der Waals surface area contributed by atoms with Crippen LogP contribution in [0.1, 0.15) is 39.0 Å². The van der Waals surface area contributed by atoms with Crippen LogP contribution < -0.4 is 5.32 Å². The Morgan fingerprint density at radius 1 is 1.44 bits per heavy atom. The predicted molar refractivity (Wildman–Crippen MR) is 63.1 cm³/mol. The van der Waals surface area contributed by atoms with Crippen LogP contribution in [0.5, 0.6) is 0 Å².